The second kappa shape index (κ2) is 11.8. The molecule has 1 saturated heterocycles. The molecular weight excluding hydrogens is 493 g/mol. The van der Waals surface area contributed by atoms with E-state index in [0.717, 1.165) is 5.56 Å². The largest absolute Gasteiger partial charge is 0.486 e. The van der Waals surface area contributed by atoms with Crippen LogP contribution in [0, 0.1) is 17.7 Å². The predicted octanol–water partition coefficient (Wildman–Crippen LogP) is 3.43. The topological polar surface area (TPSA) is 83.4 Å². The summed E-state index contributed by atoms with van der Waals surface area (Å²) >= 11 is 1.57. The van der Waals surface area contributed by atoms with Gasteiger partial charge < -0.3 is 24.8 Å². The van der Waals surface area contributed by atoms with Crippen molar-refractivity contribution in [2.45, 2.75) is 38.8 Å². The summed E-state index contributed by atoms with van der Waals surface area (Å²) in [6.45, 7) is 4.76. The summed E-state index contributed by atoms with van der Waals surface area (Å²) in [7, 11) is 0. The number of amides is 1. The normalized spacial score (nSPS) is 18.4. The number of aliphatic imine (C=N–C) groups is 1. The van der Waals surface area contributed by atoms with Gasteiger partial charge in [-0.15, -0.1) is 0 Å². The molecule has 194 valence electrons. The molecule has 0 radical (unpaired) electrons. The maximum atomic E-state index is 13.8. The van der Waals surface area contributed by atoms with E-state index in [1.807, 2.05) is 50.4 Å². The molecule has 1 atom stereocenters. The summed E-state index contributed by atoms with van der Waals surface area (Å²) < 4.78 is 25.7. The summed E-state index contributed by atoms with van der Waals surface area (Å²) in [4.78, 5) is 19.7. The smallest absolute Gasteiger partial charge is 0.273 e. The fourth-order valence-corrected chi connectivity index (χ4v) is 4.32. The van der Waals surface area contributed by atoms with Crippen LogP contribution in [-0.2, 0) is 27.4 Å². The van der Waals surface area contributed by atoms with Crippen molar-refractivity contribution in [2.24, 2.45) is 4.99 Å². The molecule has 4 rings (SSSR count). The number of fused-ring (bicyclic) bond motifs is 1. The summed E-state index contributed by atoms with van der Waals surface area (Å²) in [6.07, 6.45) is 0.742. The summed E-state index contributed by atoms with van der Waals surface area (Å²) in [6, 6.07) is 13.8. The molecule has 0 aliphatic carbocycles. The van der Waals surface area contributed by atoms with E-state index in [-0.39, 0.29) is 24.6 Å². The molecule has 0 bridgehead atoms. The third kappa shape index (κ3) is 6.34. The van der Waals surface area contributed by atoms with Crippen LogP contribution in [0.2, 0.25) is 0 Å². The lowest BCUT2D eigenvalue weighted by molar-refractivity contribution is -0.118. The predicted molar refractivity (Wildman–Crippen MR) is 142 cm³/mol. The van der Waals surface area contributed by atoms with Crippen LogP contribution in [0.5, 0.6) is 0 Å². The molecule has 7 nitrogen and oxygen atoms in total. The zero-order valence-corrected chi connectivity index (χ0v) is 21.9. The zero-order chi connectivity index (χ0) is 26.4. The number of morpholine rings is 1. The van der Waals surface area contributed by atoms with E-state index in [1.54, 1.807) is 22.7 Å². The van der Waals surface area contributed by atoms with Crippen molar-refractivity contribution in [3.63, 3.8) is 0 Å². The van der Waals surface area contributed by atoms with Crippen molar-refractivity contribution in [3.8, 4) is 11.8 Å². The molecule has 0 aromatic heterocycles. The number of aliphatic hydroxyl groups excluding tert-OH is 1. The van der Waals surface area contributed by atoms with E-state index in [4.69, 9.17) is 9.47 Å². The highest BCUT2D eigenvalue weighted by atomic mass is 32.2. The third-order valence-corrected chi connectivity index (χ3v) is 6.42. The van der Waals surface area contributed by atoms with Gasteiger partial charge in [-0.25, -0.2) is 9.38 Å². The van der Waals surface area contributed by atoms with Gasteiger partial charge in [0.1, 0.15) is 23.9 Å². The minimum absolute atomic E-state index is 0.0228. The number of thioether (sulfide) groups is 1. The van der Waals surface area contributed by atoms with E-state index in [9.17, 15) is 14.3 Å². The van der Waals surface area contributed by atoms with Crippen LogP contribution < -0.4 is 5.32 Å². The van der Waals surface area contributed by atoms with Gasteiger partial charge in [0.25, 0.3) is 5.91 Å². The Morgan fingerprint density at radius 2 is 2.11 bits per heavy atom. The lowest BCUT2D eigenvalue weighted by Gasteiger charge is -2.45. The number of hydrogen-bond donors (Lipinski definition) is 2. The Kier molecular flexibility index (Phi) is 8.54. The molecule has 2 heterocycles. The van der Waals surface area contributed by atoms with Gasteiger partial charge in [-0.05, 0) is 43.4 Å². The lowest BCUT2D eigenvalue weighted by atomic mass is 10.0. The lowest BCUT2D eigenvalue weighted by Crippen LogP contribution is -2.59. The second-order valence-electron chi connectivity index (χ2n) is 9.07. The van der Waals surface area contributed by atoms with Gasteiger partial charge in [-0.2, -0.15) is 11.8 Å². The highest BCUT2D eigenvalue weighted by Gasteiger charge is 2.43. The molecule has 37 heavy (non-hydrogen) atoms. The Morgan fingerprint density at radius 3 is 2.86 bits per heavy atom. The Bertz CT molecular complexity index is 1270. The minimum atomic E-state index is -1.20. The molecule has 2 aliphatic heterocycles. The molecule has 0 spiro atoms. The maximum absolute atomic E-state index is 13.8. The van der Waals surface area contributed by atoms with Crippen molar-refractivity contribution in [1.82, 2.24) is 10.2 Å². The number of carbonyl (C=O) groups is 1. The Hall–Kier alpha value is -3.32. The first kappa shape index (κ1) is 26.7. The molecule has 2 N–H and O–H groups in total. The number of halogens is 1. The number of hydrogen-bond acceptors (Lipinski definition) is 7. The Balaban J connectivity index is 1.62. The summed E-state index contributed by atoms with van der Waals surface area (Å²) in [5, 5.41) is 14.1. The molecule has 0 saturated carbocycles. The number of nitrogens with zero attached hydrogens (tertiary/aromatic N) is 2. The van der Waals surface area contributed by atoms with Gasteiger partial charge in [-0.1, -0.05) is 48.2 Å². The number of nitrogens with one attached hydrogen (secondary N) is 1. The molecule has 2 aliphatic rings. The van der Waals surface area contributed by atoms with E-state index < -0.39 is 23.6 Å². The molecule has 9 heteroatoms. The van der Waals surface area contributed by atoms with Gasteiger partial charge in [0.2, 0.25) is 0 Å². The van der Waals surface area contributed by atoms with Gasteiger partial charge in [0.15, 0.2) is 17.7 Å². The Labute approximate surface area is 220 Å². The number of carbonyl (C=O) groups excluding carboxylic acids is 1. The number of benzene rings is 2. The van der Waals surface area contributed by atoms with Gasteiger partial charge in [0.05, 0.1) is 12.4 Å². The maximum Gasteiger partial charge on any atom is 0.273 e. The highest BCUT2D eigenvalue weighted by Crippen LogP contribution is 2.31. The number of amidine groups is 1. The van der Waals surface area contributed by atoms with Crippen molar-refractivity contribution in [1.29, 1.82) is 0 Å². The van der Waals surface area contributed by atoms with E-state index in [0.29, 0.717) is 35.9 Å². The van der Waals surface area contributed by atoms with Crippen LogP contribution in [0.4, 0.5) is 4.39 Å². The van der Waals surface area contributed by atoms with Crippen molar-refractivity contribution < 1.29 is 23.8 Å². The molecule has 2 aromatic rings. The van der Waals surface area contributed by atoms with Crippen LogP contribution in [-0.4, -0.2) is 58.7 Å². The average molecular weight is 524 g/mol. The molecular formula is C28H30FN3O4S. The average Bonchev–Trinajstić information content (AvgIpc) is 2.88. The molecule has 2 aromatic carbocycles. The molecule has 1 amide bonds. The number of rotatable bonds is 7. The van der Waals surface area contributed by atoms with Crippen molar-refractivity contribution >= 4 is 23.5 Å². The van der Waals surface area contributed by atoms with E-state index in [2.05, 4.69) is 22.2 Å². The van der Waals surface area contributed by atoms with Crippen LogP contribution >= 0.6 is 11.8 Å². The summed E-state index contributed by atoms with van der Waals surface area (Å²) in [5.41, 5.74) is 1.24. The molecule has 1 fully saturated rings. The van der Waals surface area contributed by atoms with Gasteiger partial charge >= 0.3 is 0 Å². The van der Waals surface area contributed by atoms with E-state index in [1.165, 1.54) is 12.1 Å². The number of aliphatic hydroxyl groups is 1. The fourth-order valence-electron chi connectivity index (χ4n) is 4.10. The quantitative estimate of drug-likeness (QED) is 0.542. The summed E-state index contributed by atoms with van der Waals surface area (Å²) in [5.74, 6) is 6.17. The fraction of sp³-hybridized carbons (Fsp3) is 0.357. The van der Waals surface area contributed by atoms with Crippen molar-refractivity contribution in [3.05, 3.63) is 82.5 Å². The van der Waals surface area contributed by atoms with E-state index >= 15 is 0 Å². The van der Waals surface area contributed by atoms with Gasteiger partial charge in [0, 0.05) is 18.7 Å². The second-order valence-corrected chi connectivity index (χ2v) is 9.93. The number of ether oxygens (including phenoxy) is 2. The monoisotopic (exact) mass is 523 g/mol. The third-order valence-electron chi connectivity index (χ3n) is 5.99. The standard InChI is InChI=1S/C28H30FN3O4S/c1-28(2)27-31-23(25(33)30-17-21-11-12-22(29)16-20(21)10-7-15-37-3)24(26(34)32(27)13-14-36-28)35-18-19-8-5-4-6-9-19/h4-6,8-9,11-12,16,26,34H,13-15,17-18H2,1-3H3,(H,30,33). The van der Waals surface area contributed by atoms with Gasteiger partial charge in [-0.3, -0.25) is 4.79 Å². The van der Waals surface area contributed by atoms with Crippen LogP contribution in [0.25, 0.3) is 0 Å². The Morgan fingerprint density at radius 1 is 1.32 bits per heavy atom. The first-order valence-electron chi connectivity index (χ1n) is 11.9. The van der Waals surface area contributed by atoms with Crippen LogP contribution in [0.3, 0.4) is 0 Å². The zero-order valence-electron chi connectivity index (χ0n) is 21.1. The van der Waals surface area contributed by atoms with Crippen LogP contribution in [0.1, 0.15) is 30.5 Å². The van der Waals surface area contributed by atoms with Crippen LogP contribution in [0.15, 0.2) is 65.0 Å². The first-order valence-corrected chi connectivity index (χ1v) is 13.3. The highest BCUT2D eigenvalue weighted by molar-refractivity contribution is 7.98. The van der Waals surface area contributed by atoms with Crippen molar-refractivity contribution in [2.75, 3.05) is 25.2 Å². The minimum Gasteiger partial charge on any atom is -0.486 e. The SMILES string of the molecule is CSCC#Cc1cc(F)ccc1CNC(=O)C1=C(OCc2ccccc2)C(O)N2CCOC(C)(C)C2=N1. The first-order chi connectivity index (χ1) is 17.8. The molecule has 1 unspecified atom stereocenters.